The van der Waals surface area contributed by atoms with Crippen LogP contribution in [0, 0.1) is 0 Å². The van der Waals surface area contributed by atoms with Gasteiger partial charge < -0.3 is 5.32 Å². The first-order chi connectivity index (χ1) is 11.5. The maximum absolute atomic E-state index is 13.3. The molecule has 0 amide bonds. The van der Waals surface area contributed by atoms with Crippen molar-refractivity contribution in [1.29, 1.82) is 0 Å². The van der Waals surface area contributed by atoms with Crippen molar-refractivity contribution in [3.05, 3.63) is 72.3 Å². The molecular weight excluding hydrogens is 320 g/mol. The van der Waals surface area contributed by atoms with Crippen LogP contribution < -0.4 is 9.62 Å². The number of nitrogens with zero attached hydrogens (tertiary/aromatic N) is 1. The Morgan fingerprint density at radius 3 is 2.54 bits per heavy atom. The van der Waals surface area contributed by atoms with Crippen molar-refractivity contribution in [2.75, 3.05) is 17.9 Å². The molecule has 0 bridgehead atoms. The molecule has 1 aliphatic rings. The molecular formula is C19H22N2O2S. The van der Waals surface area contributed by atoms with Gasteiger partial charge in [-0.3, -0.25) is 0 Å². The number of hydrogen-bond donors (Lipinski definition) is 1. The third-order valence-electron chi connectivity index (χ3n) is 4.27. The summed E-state index contributed by atoms with van der Waals surface area (Å²) >= 11 is 0. The molecule has 0 aromatic heterocycles. The first-order valence-electron chi connectivity index (χ1n) is 8.02. The zero-order valence-corrected chi connectivity index (χ0v) is 14.6. The molecule has 3 rings (SSSR count). The Morgan fingerprint density at radius 2 is 1.83 bits per heavy atom. The van der Waals surface area contributed by atoms with Crippen LogP contribution in [0.15, 0.2) is 66.7 Å². The van der Waals surface area contributed by atoms with E-state index < -0.39 is 15.3 Å². The van der Waals surface area contributed by atoms with E-state index in [1.165, 1.54) is 4.31 Å². The fourth-order valence-electron chi connectivity index (χ4n) is 3.19. The van der Waals surface area contributed by atoms with Crippen LogP contribution in [-0.2, 0) is 16.4 Å². The lowest BCUT2D eigenvalue weighted by atomic mass is 10.0. The highest BCUT2D eigenvalue weighted by Crippen LogP contribution is 2.39. The molecule has 24 heavy (non-hydrogen) atoms. The number of nitrogens with one attached hydrogen (secondary N) is 1. The fourth-order valence-corrected chi connectivity index (χ4v) is 5.19. The van der Waals surface area contributed by atoms with Crippen LogP contribution in [0.25, 0.3) is 0 Å². The summed E-state index contributed by atoms with van der Waals surface area (Å²) < 4.78 is 28.0. The van der Waals surface area contributed by atoms with Crippen molar-refractivity contribution in [3.8, 4) is 0 Å². The summed E-state index contributed by atoms with van der Waals surface area (Å²) in [6.07, 6.45) is 0.978. The van der Waals surface area contributed by atoms with Crippen molar-refractivity contribution in [2.45, 2.75) is 18.1 Å². The SMILES string of the molecule is C=C(CNC)CC1Cc2ccccc2N(c2ccccc2)S1(=O)=O. The molecule has 0 spiro atoms. The van der Waals surface area contributed by atoms with Crippen LogP contribution in [0.1, 0.15) is 12.0 Å². The highest BCUT2D eigenvalue weighted by Gasteiger charge is 2.39. The first kappa shape index (κ1) is 16.7. The third kappa shape index (κ3) is 3.09. The summed E-state index contributed by atoms with van der Waals surface area (Å²) in [5.41, 5.74) is 3.38. The minimum atomic E-state index is -3.50. The Hall–Kier alpha value is -2.11. The van der Waals surface area contributed by atoms with E-state index in [0.717, 1.165) is 16.8 Å². The van der Waals surface area contributed by atoms with Crippen molar-refractivity contribution in [1.82, 2.24) is 5.32 Å². The molecule has 1 aliphatic heterocycles. The molecule has 126 valence electrons. The zero-order valence-electron chi connectivity index (χ0n) is 13.8. The lowest BCUT2D eigenvalue weighted by Crippen LogP contribution is -2.41. The maximum Gasteiger partial charge on any atom is 0.243 e. The minimum absolute atomic E-state index is 0.459. The van der Waals surface area contributed by atoms with E-state index in [1.807, 2.05) is 61.6 Å². The van der Waals surface area contributed by atoms with E-state index in [0.29, 0.717) is 25.1 Å². The number of rotatable bonds is 5. The minimum Gasteiger partial charge on any atom is -0.316 e. The second kappa shape index (κ2) is 6.79. The summed E-state index contributed by atoms with van der Waals surface area (Å²) in [7, 11) is -1.66. The van der Waals surface area contributed by atoms with E-state index in [-0.39, 0.29) is 0 Å². The Labute approximate surface area is 143 Å². The number of benzene rings is 2. The van der Waals surface area contributed by atoms with E-state index in [9.17, 15) is 8.42 Å². The Morgan fingerprint density at radius 1 is 1.17 bits per heavy atom. The lowest BCUT2D eigenvalue weighted by Gasteiger charge is -2.35. The number of anilines is 2. The van der Waals surface area contributed by atoms with Crippen LogP contribution >= 0.6 is 0 Å². The molecule has 1 heterocycles. The van der Waals surface area contributed by atoms with Crippen LogP contribution in [0.4, 0.5) is 11.4 Å². The molecule has 2 aromatic carbocycles. The van der Waals surface area contributed by atoms with Gasteiger partial charge in [-0.05, 0) is 43.7 Å². The smallest absolute Gasteiger partial charge is 0.243 e. The number of para-hydroxylation sites is 2. The van der Waals surface area contributed by atoms with Crippen LogP contribution in [-0.4, -0.2) is 27.3 Å². The van der Waals surface area contributed by atoms with Gasteiger partial charge in [0.1, 0.15) is 0 Å². The van der Waals surface area contributed by atoms with Crippen molar-refractivity contribution >= 4 is 21.4 Å². The zero-order chi connectivity index (χ0) is 17.2. The molecule has 4 nitrogen and oxygen atoms in total. The van der Waals surface area contributed by atoms with E-state index in [2.05, 4.69) is 11.9 Å². The molecule has 5 heteroatoms. The largest absolute Gasteiger partial charge is 0.316 e. The number of likely N-dealkylation sites (N-methyl/N-ethyl adjacent to an activating group) is 1. The normalized spacial score (nSPS) is 18.9. The summed E-state index contributed by atoms with van der Waals surface area (Å²) in [6.45, 7) is 4.64. The van der Waals surface area contributed by atoms with Crippen molar-refractivity contribution in [3.63, 3.8) is 0 Å². The Bertz CT molecular complexity index is 831. The van der Waals surface area contributed by atoms with Crippen LogP contribution in [0.2, 0.25) is 0 Å². The molecule has 0 saturated heterocycles. The average Bonchev–Trinajstić information content (AvgIpc) is 2.56. The Kier molecular flexibility index (Phi) is 4.73. The highest BCUT2D eigenvalue weighted by molar-refractivity contribution is 7.93. The van der Waals surface area contributed by atoms with Gasteiger partial charge >= 0.3 is 0 Å². The third-order valence-corrected chi connectivity index (χ3v) is 6.36. The second-order valence-corrected chi connectivity index (χ2v) is 8.15. The number of hydrogen-bond acceptors (Lipinski definition) is 3. The van der Waals surface area contributed by atoms with E-state index in [1.54, 1.807) is 0 Å². The van der Waals surface area contributed by atoms with Gasteiger partial charge in [-0.15, -0.1) is 0 Å². The van der Waals surface area contributed by atoms with Gasteiger partial charge in [0, 0.05) is 6.54 Å². The lowest BCUT2D eigenvalue weighted by molar-refractivity contribution is 0.570. The molecule has 0 saturated carbocycles. The number of fused-ring (bicyclic) bond motifs is 1. The maximum atomic E-state index is 13.3. The standard InChI is InChI=1S/C19H22N2O2S/c1-15(14-20-2)12-18-13-16-8-6-7-11-19(16)21(24(18,22)23)17-9-4-3-5-10-17/h3-11,18,20H,1,12-14H2,2H3. The molecule has 0 radical (unpaired) electrons. The van der Waals surface area contributed by atoms with Gasteiger partial charge in [0.05, 0.1) is 16.6 Å². The quantitative estimate of drug-likeness (QED) is 0.849. The monoisotopic (exact) mass is 342 g/mol. The number of sulfonamides is 1. The highest BCUT2D eigenvalue weighted by atomic mass is 32.2. The summed E-state index contributed by atoms with van der Waals surface area (Å²) in [6, 6.07) is 17.0. The Balaban J connectivity index is 2.07. The topological polar surface area (TPSA) is 49.4 Å². The molecule has 2 aromatic rings. The predicted octanol–water partition coefficient (Wildman–Crippen LogP) is 3.24. The molecule has 0 aliphatic carbocycles. The van der Waals surface area contributed by atoms with E-state index >= 15 is 0 Å². The summed E-state index contributed by atoms with van der Waals surface area (Å²) in [5.74, 6) is 0. The molecule has 1 atom stereocenters. The van der Waals surface area contributed by atoms with Gasteiger partial charge in [0.15, 0.2) is 0 Å². The summed E-state index contributed by atoms with van der Waals surface area (Å²) in [5, 5.41) is 2.55. The second-order valence-electron chi connectivity index (χ2n) is 6.08. The van der Waals surface area contributed by atoms with Crippen LogP contribution in [0.5, 0.6) is 0 Å². The molecule has 0 fully saturated rings. The molecule has 1 N–H and O–H groups in total. The summed E-state index contributed by atoms with van der Waals surface area (Å²) in [4.78, 5) is 0. The van der Waals surface area contributed by atoms with Gasteiger partial charge in [-0.25, -0.2) is 12.7 Å². The fraction of sp³-hybridized carbons (Fsp3) is 0.263. The van der Waals surface area contributed by atoms with Gasteiger partial charge in [-0.1, -0.05) is 48.6 Å². The van der Waals surface area contributed by atoms with E-state index in [4.69, 9.17) is 0 Å². The van der Waals surface area contributed by atoms with Crippen molar-refractivity contribution < 1.29 is 8.42 Å². The van der Waals surface area contributed by atoms with Gasteiger partial charge in [0.2, 0.25) is 10.0 Å². The average molecular weight is 342 g/mol. The van der Waals surface area contributed by atoms with Crippen molar-refractivity contribution in [2.24, 2.45) is 0 Å². The predicted molar refractivity (Wildman–Crippen MR) is 99.1 cm³/mol. The molecule has 1 unspecified atom stereocenters. The van der Waals surface area contributed by atoms with Gasteiger partial charge in [0.25, 0.3) is 0 Å². The first-order valence-corrected chi connectivity index (χ1v) is 9.52. The van der Waals surface area contributed by atoms with Gasteiger partial charge in [-0.2, -0.15) is 0 Å². The van der Waals surface area contributed by atoms with Crippen LogP contribution in [0.3, 0.4) is 0 Å².